The van der Waals surface area contributed by atoms with Gasteiger partial charge in [-0.2, -0.15) is 5.26 Å². The monoisotopic (exact) mass is 535 g/mol. The van der Waals surface area contributed by atoms with Crippen LogP contribution < -0.4 is 10.2 Å². The lowest BCUT2D eigenvalue weighted by atomic mass is 9.79. The lowest BCUT2D eigenvalue weighted by Gasteiger charge is -2.31. The number of aromatic nitrogens is 4. The van der Waals surface area contributed by atoms with Crippen molar-refractivity contribution >= 4 is 22.8 Å². The number of nitrogens with one attached hydrogen (secondary N) is 1. The fraction of sp³-hybridized carbons (Fsp3) is 0.333. The summed E-state index contributed by atoms with van der Waals surface area (Å²) in [6.07, 6.45) is 3.64. The zero-order chi connectivity index (χ0) is 27.7. The van der Waals surface area contributed by atoms with E-state index in [2.05, 4.69) is 26.3 Å². The van der Waals surface area contributed by atoms with Gasteiger partial charge < -0.3 is 19.7 Å². The molecule has 1 saturated heterocycles. The minimum atomic E-state index is -0.780. The second kappa shape index (κ2) is 10.6. The summed E-state index contributed by atoms with van der Waals surface area (Å²) in [6, 6.07) is 15.4. The van der Waals surface area contributed by atoms with Gasteiger partial charge in [-0.05, 0) is 61.4 Å². The number of carbonyl (C=O) groups excluding carboxylic acids is 1. The Morgan fingerprint density at radius 1 is 1.18 bits per heavy atom. The standard InChI is InChI=1S/C30H29N7O3/c1-19-15-37(9-10-40-19)29-32-8-7-26(36-29)25-6-5-21-13-33-23(12-27(21)35-25)14-34-28(38)20-3-4-22-16-39-18-30(2,17-31)24(22)11-20/h3-8,11-13,19H,9-10,14-16,18H2,1-2H3,(H,34,38)/t19-,30-/m1/s1. The van der Waals surface area contributed by atoms with Crippen molar-refractivity contribution in [3.05, 3.63) is 77.2 Å². The predicted octanol–water partition coefficient (Wildman–Crippen LogP) is 3.55. The molecule has 0 saturated carbocycles. The summed E-state index contributed by atoms with van der Waals surface area (Å²) in [5.41, 5.74) is 4.40. The van der Waals surface area contributed by atoms with Crippen molar-refractivity contribution in [2.75, 3.05) is 31.2 Å². The Kier molecular flexibility index (Phi) is 6.84. The molecule has 2 atom stereocenters. The maximum absolute atomic E-state index is 13.0. The van der Waals surface area contributed by atoms with Gasteiger partial charge in [-0.25, -0.2) is 15.0 Å². The number of nitrogens with zero attached hydrogens (tertiary/aromatic N) is 6. The Morgan fingerprint density at radius 2 is 2.05 bits per heavy atom. The molecule has 1 aromatic carbocycles. The zero-order valence-electron chi connectivity index (χ0n) is 22.4. The Labute approximate surface area is 232 Å². The number of morpholine rings is 1. The molecule has 5 heterocycles. The molecule has 10 heteroatoms. The predicted molar refractivity (Wildman–Crippen MR) is 148 cm³/mol. The molecule has 0 bridgehead atoms. The third-order valence-electron chi connectivity index (χ3n) is 7.35. The molecule has 0 unspecified atom stereocenters. The van der Waals surface area contributed by atoms with E-state index in [1.165, 1.54) is 0 Å². The first-order valence-corrected chi connectivity index (χ1v) is 13.3. The van der Waals surface area contributed by atoms with Gasteiger partial charge in [-0.15, -0.1) is 0 Å². The number of amides is 1. The van der Waals surface area contributed by atoms with Crippen LogP contribution >= 0.6 is 0 Å². The number of anilines is 1. The van der Waals surface area contributed by atoms with E-state index in [9.17, 15) is 10.1 Å². The highest BCUT2D eigenvalue weighted by molar-refractivity contribution is 5.94. The maximum Gasteiger partial charge on any atom is 0.251 e. The van der Waals surface area contributed by atoms with Gasteiger partial charge in [-0.1, -0.05) is 6.07 Å². The molecule has 1 N–H and O–H groups in total. The molecule has 40 heavy (non-hydrogen) atoms. The van der Waals surface area contributed by atoms with E-state index in [1.54, 1.807) is 24.5 Å². The van der Waals surface area contributed by atoms with Crippen LogP contribution in [-0.4, -0.2) is 58.3 Å². The van der Waals surface area contributed by atoms with Crippen LogP contribution in [0.25, 0.3) is 22.3 Å². The van der Waals surface area contributed by atoms with E-state index in [0.29, 0.717) is 37.0 Å². The van der Waals surface area contributed by atoms with Crippen molar-refractivity contribution < 1.29 is 14.3 Å². The van der Waals surface area contributed by atoms with E-state index in [1.807, 2.05) is 44.2 Å². The third kappa shape index (κ3) is 5.09. The summed E-state index contributed by atoms with van der Waals surface area (Å²) >= 11 is 0. The summed E-state index contributed by atoms with van der Waals surface area (Å²) in [7, 11) is 0. The number of nitriles is 1. The van der Waals surface area contributed by atoms with Crippen LogP contribution in [0.2, 0.25) is 0 Å². The Balaban J connectivity index is 1.19. The Morgan fingerprint density at radius 3 is 2.90 bits per heavy atom. The molecule has 3 aromatic heterocycles. The van der Waals surface area contributed by atoms with Crippen LogP contribution in [0.15, 0.2) is 54.9 Å². The van der Waals surface area contributed by atoms with Gasteiger partial charge in [0.05, 0.1) is 61.1 Å². The highest BCUT2D eigenvalue weighted by Crippen LogP contribution is 2.32. The molecule has 4 aromatic rings. The molecule has 0 aliphatic carbocycles. The van der Waals surface area contributed by atoms with E-state index in [-0.39, 0.29) is 18.6 Å². The topological polar surface area (TPSA) is 126 Å². The van der Waals surface area contributed by atoms with Crippen LogP contribution in [0.1, 0.15) is 41.0 Å². The van der Waals surface area contributed by atoms with Crippen molar-refractivity contribution in [3.8, 4) is 17.5 Å². The van der Waals surface area contributed by atoms with Gasteiger partial charge in [0, 0.05) is 36.4 Å². The molecule has 2 aliphatic heterocycles. The lowest BCUT2D eigenvalue weighted by Crippen LogP contribution is -2.42. The fourth-order valence-corrected chi connectivity index (χ4v) is 5.11. The quantitative estimate of drug-likeness (QED) is 0.408. The first-order chi connectivity index (χ1) is 19.4. The molecule has 2 aliphatic rings. The first-order valence-electron chi connectivity index (χ1n) is 13.3. The second-order valence-electron chi connectivity index (χ2n) is 10.4. The van der Waals surface area contributed by atoms with E-state index >= 15 is 0 Å². The van der Waals surface area contributed by atoms with Crippen LogP contribution in [0.3, 0.4) is 0 Å². The van der Waals surface area contributed by atoms with Crippen molar-refractivity contribution in [2.45, 2.75) is 38.5 Å². The van der Waals surface area contributed by atoms with Gasteiger partial charge in [-0.3, -0.25) is 9.78 Å². The number of carbonyl (C=O) groups is 1. The molecule has 1 amide bonds. The van der Waals surface area contributed by atoms with E-state index in [0.717, 1.165) is 46.5 Å². The SMILES string of the molecule is C[C@@H]1CN(c2nccc(-c3ccc4cnc(CNC(=O)c5ccc6c(c5)[C@](C)(C#N)COC6)cc4n3)n2)CCO1. The number of fused-ring (bicyclic) bond motifs is 2. The average molecular weight is 536 g/mol. The van der Waals surface area contributed by atoms with Gasteiger partial charge in [0.1, 0.15) is 5.41 Å². The molecule has 0 radical (unpaired) electrons. The summed E-state index contributed by atoms with van der Waals surface area (Å²) in [5.74, 6) is 0.432. The highest BCUT2D eigenvalue weighted by Gasteiger charge is 2.33. The smallest absolute Gasteiger partial charge is 0.251 e. The summed E-state index contributed by atoms with van der Waals surface area (Å²) in [6.45, 7) is 7.00. The number of benzene rings is 1. The summed E-state index contributed by atoms with van der Waals surface area (Å²) < 4.78 is 11.2. The van der Waals surface area contributed by atoms with Crippen molar-refractivity contribution in [3.63, 3.8) is 0 Å². The van der Waals surface area contributed by atoms with Crippen molar-refractivity contribution in [2.24, 2.45) is 0 Å². The fourth-order valence-electron chi connectivity index (χ4n) is 5.11. The minimum absolute atomic E-state index is 0.130. The molecular formula is C30H29N7O3. The highest BCUT2D eigenvalue weighted by atomic mass is 16.5. The van der Waals surface area contributed by atoms with Crippen LogP contribution in [-0.2, 0) is 28.0 Å². The van der Waals surface area contributed by atoms with Crippen LogP contribution in [0.4, 0.5) is 5.95 Å². The third-order valence-corrected chi connectivity index (χ3v) is 7.35. The maximum atomic E-state index is 13.0. The minimum Gasteiger partial charge on any atom is -0.375 e. The number of hydrogen-bond acceptors (Lipinski definition) is 9. The molecule has 10 nitrogen and oxygen atoms in total. The molecule has 0 spiro atoms. The largest absolute Gasteiger partial charge is 0.375 e. The number of hydrogen-bond donors (Lipinski definition) is 1. The number of ether oxygens (including phenoxy) is 2. The van der Waals surface area contributed by atoms with E-state index < -0.39 is 5.41 Å². The summed E-state index contributed by atoms with van der Waals surface area (Å²) in [5, 5.41) is 13.5. The van der Waals surface area contributed by atoms with Crippen molar-refractivity contribution in [1.29, 1.82) is 5.26 Å². The van der Waals surface area contributed by atoms with E-state index in [4.69, 9.17) is 19.4 Å². The van der Waals surface area contributed by atoms with Gasteiger partial charge in [0.25, 0.3) is 5.91 Å². The van der Waals surface area contributed by atoms with Gasteiger partial charge >= 0.3 is 0 Å². The summed E-state index contributed by atoms with van der Waals surface area (Å²) in [4.78, 5) is 33.7. The normalized spacial score (nSPS) is 20.5. The molecule has 1 fully saturated rings. The Hall–Kier alpha value is -4.46. The lowest BCUT2D eigenvalue weighted by molar-refractivity contribution is 0.0526. The second-order valence-corrected chi connectivity index (χ2v) is 10.4. The number of pyridine rings is 2. The van der Waals surface area contributed by atoms with Crippen molar-refractivity contribution in [1.82, 2.24) is 25.3 Å². The molecular weight excluding hydrogens is 506 g/mol. The molecule has 6 rings (SSSR count). The average Bonchev–Trinajstić information content (AvgIpc) is 2.99. The zero-order valence-corrected chi connectivity index (χ0v) is 22.4. The van der Waals surface area contributed by atoms with Crippen LogP contribution in [0, 0.1) is 11.3 Å². The Bertz CT molecular complexity index is 1640. The van der Waals surface area contributed by atoms with Gasteiger partial charge in [0.2, 0.25) is 5.95 Å². The first kappa shape index (κ1) is 25.8. The molecule has 202 valence electrons. The number of rotatable bonds is 5. The van der Waals surface area contributed by atoms with Gasteiger partial charge in [0.15, 0.2) is 0 Å². The van der Waals surface area contributed by atoms with Crippen LogP contribution in [0.5, 0.6) is 0 Å².